The molecule has 0 saturated heterocycles. The van der Waals surface area contributed by atoms with E-state index in [2.05, 4.69) is 18.2 Å². The fourth-order valence-corrected chi connectivity index (χ4v) is 4.09. The summed E-state index contributed by atoms with van der Waals surface area (Å²) in [4.78, 5) is 28.6. The number of imide groups is 1. The first-order valence-electron chi connectivity index (χ1n) is 10.9. The number of carbonyl (C=O) groups excluding carboxylic acids is 2. The van der Waals surface area contributed by atoms with Crippen LogP contribution in [0.1, 0.15) is 25.8 Å². The minimum absolute atomic E-state index is 0.302. The van der Waals surface area contributed by atoms with E-state index in [-0.39, 0.29) is 6.03 Å². The first-order valence-corrected chi connectivity index (χ1v) is 10.9. The molecule has 0 saturated carbocycles. The molecule has 0 unspecified atom stereocenters. The van der Waals surface area contributed by atoms with E-state index in [0.717, 1.165) is 51.1 Å². The predicted octanol–water partition coefficient (Wildman–Crippen LogP) is 5.66. The lowest BCUT2D eigenvalue weighted by molar-refractivity contribution is -0.115. The van der Waals surface area contributed by atoms with Crippen LogP contribution in [0.3, 0.4) is 0 Å². The quantitative estimate of drug-likeness (QED) is 0.394. The van der Waals surface area contributed by atoms with Gasteiger partial charge in [0.1, 0.15) is 0 Å². The monoisotopic (exact) mass is 417 g/mol. The van der Waals surface area contributed by atoms with Gasteiger partial charge in [0.15, 0.2) is 0 Å². The van der Waals surface area contributed by atoms with Gasteiger partial charge in [0.05, 0.1) is 11.0 Å². The second kappa shape index (κ2) is 9.75. The third kappa shape index (κ3) is 4.19. The van der Waals surface area contributed by atoms with E-state index in [1.165, 1.54) is 4.90 Å². The van der Waals surface area contributed by atoms with E-state index >= 15 is 0 Å². The van der Waals surface area contributed by atoms with Crippen LogP contribution in [0.2, 0.25) is 0 Å². The van der Waals surface area contributed by atoms with Gasteiger partial charge in [-0.3, -0.25) is 14.3 Å². The predicted molar refractivity (Wildman–Crippen MR) is 130 cm³/mol. The van der Waals surface area contributed by atoms with E-state index in [0.29, 0.717) is 13.0 Å². The summed E-state index contributed by atoms with van der Waals surface area (Å²) in [6, 6.07) is 18.0. The molecule has 0 fully saturated rings. The standard InChI is InChI=1S/C24H25N3O2.C2H6/c1-17-8-6-11-20-22-19-10-5-4-9-18(19)12-13-21(22)27(23(17)20)24(29)26(16-28)15-7-14-25(2)3;1-2/h4-6,8-13,16H,7,14-15H2,1-3H3;1-2H3. The molecule has 1 heterocycles. The maximum Gasteiger partial charge on any atom is 0.335 e. The average molecular weight is 418 g/mol. The van der Waals surface area contributed by atoms with E-state index in [4.69, 9.17) is 0 Å². The number of aryl methyl sites for hydroxylation is 1. The number of benzene rings is 3. The van der Waals surface area contributed by atoms with Gasteiger partial charge >= 0.3 is 6.03 Å². The lowest BCUT2D eigenvalue weighted by Gasteiger charge is -2.19. The summed E-state index contributed by atoms with van der Waals surface area (Å²) in [5.41, 5.74) is 2.70. The summed E-state index contributed by atoms with van der Waals surface area (Å²) < 4.78 is 1.70. The number of nitrogens with zero attached hydrogens (tertiary/aromatic N) is 3. The van der Waals surface area contributed by atoms with Crippen molar-refractivity contribution in [3.63, 3.8) is 0 Å². The van der Waals surface area contributed by atoms with Gasteiger partial charge in [-0.2, -0.15) is 0 Å². The molecule has 0 aliphatic heterocycles. The van der Waals surface area contributed by atoms with E-state index in [1.807, 2.05) is 76.2 Å². The smallest absolute Gasteiger partial charge is 0.309 e. The summed E-state index contributed by atoms with van der Waals surface area (Å²) in [6.07, 6.45) is 1.38. The molecule has 162 valence electrons. The Morgan fingerprint density at radius 3 is 2.35 bits per heavy atom. The van der Waals surface area contributed by atoms with E-state index in [9.17, 15) is 9.59 Å². The molecular weight excluding hydrogens is 386 g/mol. The Morgan fingerprint density at radius 1 is 0.935 bits per heavy atom. The van der Waals surface area contributed by atoms with Crippen LogP contribution in [0.15, 0.2) is 54.6 Å². The number of hydrogen-bond donors (Lipinski definition) is 0. The molecule has 0 radical (unpaired) electrons. The van der Waals surface area contributed by atoms with Crippen LogP contribution in [0, 0.1) is 6.92 Å². The minimum atomic E-state index is -0.302. The number of carbonyl (C=O) groups is 2. The van der Waals surface area contributed by atoms with Gasteiger partial charge < -0.3 is 4.90 Å². The Labute approximate surface area is 183 Å². The highest BCUT2D eigenvalue weighted by Gasteiger charge is 2.23. The molecule has 5 heteroatoms. The topological polar surface area (TPSA) is 45.6 Å². The van der Waals surface area contributed by atoms with Gasteiger partial charge in [-0.25, -0.2) is 4.79 Å². The van der Waals surface area contributed by atoms with Crippen molar-refractivity contribution in [1.29, 1.82) is 0 Å². The molecule has 2 amide bonds. The molecule has 0 bridgehead atoms. The van der Waals surface area contributed by atoms with Crippen LogP contribution < -0.4 is 0 Å². The maximum atomic E-state index is 13.5. The molecular formula is C26H31N3O2. The van der Waals surface area contributed by atoms with Crippen molar-refractivity contribution in [3.8, 4) is 0 Å². The average Bonchev–Trinajstić information content (AvgIpc) is 3.14. The fourth-order valence-electron chi connectivity index (χ4n) is 4.09. The number of rotatable bonds is 5. The summed E-state index contributed by atoms with van der Waals surface area (Å²) in [6.45, 7) is 7.21. The molecule has 0 N–H and O–H groups in total. The van der Waals surface area contributed by atoms with Crippen molar-refractivity contribution < 1.29 is 9.59 Å². The molecule has 3 aromatic carbocycles. The van der Waals surface area contributed by atoms with Crippen molar-refractivity contribution >= 4 is 45.0 Å². The third-order valence-electron chi connectivity index (χ3n) is 5.45. The van der Waals surface area contributed by atoms with Crippen LogP contribution in [0.25, 0.3) is 32.6 Å². The highest BCUT2D eigenvalue weighted by atomic mass is 16.2. The van der Waals surface area contributed by atoms with Gasteiger partial charge in [0, 0.05) is 17.3 Å². The largest absolute Gasteiger partial charge is 0.335 e. The van der Waals surface area contributed by atoms with Crippen LogP contribution in [-0.2, 0) is 4.79 Å². The third-order valence-corrected chi connectivity index (χ3v) is 5.45. The van der Waals surface area contributed by atoms with Crippen molar-refractivity contribution in [1.82, 2.24) is 14.4 Å². The van der Waals surface area contributed by atoms with E-state index < -0.39 is 0 Å². The van der Waals surface area contributed by atoms with Crippen LogP contribution in [-0.4, -0.2) is 54.0 Å². The number of aromatic nitrogens is 1. The van der Waals surface area contributed by atoms with Crippen molar-refractivity contribution in [2.45, 2.75) is 27.2 Å². The van der Waals surface area contributed by atoms with Crippen LogP contribution in [0.4, 0.5) is 4.79 Å². The molecule has 0 atom stereocenters. The molecule has 31 heavy (non-hydrogen) atoms. The zero-order valence-corrected chi connectivity index (χ0v) is 19.1. The number of amides is 2. The Hall–Kier alpha value is -3.18. The van der Waals surface area contributed by atoms with Gasteiger partial charge in [-0.15, -0.1) is 0 Å². The summed E-state index contributed by atoms with van der Waals surface area (Å²) >= 11 is 0. The molecule has 0 aliphatic rings. The Kier molecular flexibility index (Phi) is 7.08. The van der Waals surface area contributed by atoms with Crippen molar-refractivity contribution in [3.05, 3.63) is 60.2 Å². The van der Waals surface area contributed by atoms with Crippen molar-refractivity contribution in [2.24, 2.45) is 0 Å². The summed E-state index contributed by atoms with van der Waals surface area (Å²) in [7, 11) is 3.96. The lowest BCUT2D eigenvalue weighted by Crippen LogP contribution is -2.35. The van der Waals surface area contributed by atoms with Gasteiger partial charge in [0.25, 0.3) is 0 Å². The Morgan fingerprint density at radius 2 is 1.65 bits per heavy atom. The summed E-state index contributed by atoms with van der Waals surface area (Å²) in [5, 5.41) is 4.32. The number of hydrogen-bond acceptors (Lipinski definition) is 3. The lowest BCUT2D eigenvalue weighted by atomic mass is 10.0. The zero-order valence-electron chi connectivity index (χ0n) is 19.1. The minimum Gasteiger partial charge on any atom is -0.309 e. The second-order valence-electron chi connectivity index (χ2n) is 7.73. The molecule has 4 aromatic rings. The molecule has 0 aliphatic carbocycles. The van der Waals surface area contributed by atoms with Gasteiger partial charge in [0.2, 0.25) is 6.41 Å². The highest BCUT2D eigenvalue weighted by Crippen LogP contribution is 2.36. The summed E-state index contributed by atoms with van der Waals surface area (Å²) in [5.74, 6) is 0. The highest BCUT2D eigenvalue weighted by molar-refractivity contribution is 6.23. The molecule has 5 nitrogen and oxygen atoms in total. The van der Waals surface area contributed by atoms with Crippen LogP contribution in [0.5, 0.6) is 0 Å². The normalized spacial score (nSPS) is 11.0. The first-order chi connectivity index (χ1) is 15.0. The molecule has 0 spiro atoms. The first kappa shape index (κ1) is 22.5. The molecule has 1 aromatic heterocycles. The second-order valence-corrected chi connectivity index (χ2v) is 7.73. The van der Waals surface area contributed by atoms with Crippen molar-refractivity contribution in [2.75, 3.05) is 27.2 Å². The number of fused-ring (bicyclic) bond motifs is 5. The number of para-hydroxylation sites is 1. The van der Waals surface area contributed by atoms with Gasteiger partial charge in [-0.05, 0) is 56.4 Å². The van der Waals surface area contributed by atoms with E-state index in [1.54, 1.807) is 4.57 Å². The Balaban J connectivity index is 0.00000132. The fraction of sp³-hybridized carbons (Fsp3) is 0.308. The maximum absolute atomic E-state index is 13.5. The Bertz CT molecular complexity index is 1220. The van der Waals surface area contributed by atoms with Gasteiger partial charge in [-0.1, -0.05) is 62.4 Å². The molecule has 4 rings (SSSR count). The van der Waals surface area contributed by atoms with Crippen LogP contribution >= 0.6 is 0 Å². The SMILES string of the molecule is CC.Cc1cccc2c3c4ccccc4ccc3n(C(=O)N(C=O)CCCN(C)C)c12. The zero-order chi connectivity index (χ0) is 22.5.